The number of phenolic OH excluding ortho intramolecular Hbond substituents is 1. The second-order valence-electron chi connectivity index (χ2n) is 9.60. The molecule has 0 saturated heterocycles. The summed E-state index contributed by atoms with van der Waals surface area (Å²) in [5.74, 6) is -2.56. The van der Waals surface area contributed by atoms with Crippen molar-refractivity contribution >= 4 is 17.3 Å². The predicted molar refractivity (Wildman–Crippen MR) is 143 cm³/mol. The van der Waals surface area contributed by atoms with Crippen LogP contribution in [0.3, 0.4) is 0 Å². The molecule has 39 heavy (non-hydrogen) atoms. The van der Waals surface area contributed by atoms with Gasteiger partial charge in [0.15, 0.2) is 0 Å². The Labute approximate surface area is 223 Å². The van der Waals surface area contributed by atoms with Crippen LogP contribution in [0.25, 0.3) is 16.7 Å². The summed E-state index contributed by atoms with van der Waals surface area (Å²) in [7, 11) is 0. The largest absolute Gasteiger partial charge is 0.508 e. The van der Waals surface area contributed by atoms with Gasteiger partial charge >= 0.3 is 0 Å². The maximum absolute atomic E-state index is 14.1. The number of phenols is 1. The average molecular weight is 526 g/mol. The molecule has 1 atom stereocenters. The molecule has 0 saturated carbocycles. The number of fused-ring (bicyclic) bond motifs is 1. The van der Waals surface area contributed by atoms with Gasteiger partial charge in [0, 0.05) is 42.8 Å². The lowest BCUT2D eigenvalue weighted by atomic mass is 9.85. The van der Waals surface area contributed by atoms with E-state index in [-0.39, 0.29) is 36.5 Å². The van der Waals surface area contributed by atoms with Crippen molar-refractivity contribution in [3.8, 4) is 16.9 Å². The van der Waals surface area contributed by atoms with Gasteiger partial charge in [0.25, 0.3) is 5.91 Å². The van der Waals surface area contributed by atoms with E-state index in [2.05, 4.69) is 9.97 Å². The minimum Gasteiger partial charge on any atom is -0.508 e. The van der Waals surface area contributed by atoms with Crippen molar-refractivity contribution < 1.29 is 23.5 Å². The van der Waals surface area contributed by atoms with Crippen LogP contribution in [0.1, 0.15) is 51.6 Å². The number of carbonyl (C=O) groups is 2. The highest BCUT2D eigenvalue weighted by Gasteiger charge is 2.25. The van der Waals surface area contributed by atoms with Crippen molar-refractivity contribution in [1.82, 2.24) is 9.97 Å². The maximum Gasteiger partial charge on any atom is 0.267 e. The normalized spacial score (nSPS) is 13.0. The third-order valence-electron chi connectivity index (χ3n) is 6.82. The number of pyridine rings is 2. The van der Waals surface area contributed by atoms with E-state index < -0.39 is 23.5 Å². The smallest absolute Gasteiger partial charge is 0.267 e. The lowest BCUT2D eigenvalue weighted by Crippen LogP contribution is -2.14. The number of aromatic nitrogens is 2. The standard InChI is InChI=1S/C31H25F2N3O3/c32-23-11-18(12-24(33)16-23)10-22(14-26(38)13-20-4-3-19-5-6-25(37)17-28(19)20)30-27(2-1-8-36-30)21-7-9-35-29(15-21)31(34)39/h1-2,4-9,11-12,15-17,22,37H,3,10,13-14H2,(H2,34,39)/t22-/m1/s1. The Morgan fingerprint density at radius 2 is 1.74 bits per heavy atom. The second-order valence-corrected chi connectivity index (χ2v) is 9.60. The Balaban J connectivity index is 1.49. The molecular weight excluding hydrogens is 500 g/mol. The first-order chi connectivity index (χ1) is 18.8. The van der Waals surface area contributed by atoms with Crippen LogP contribution in [-0.4, -0.2) is 26.8 Å². The number of ketones is 1. The van der Waals surface area contributed by atoms with Crippen LogP contribution in [0, 0.1) is 11.6 Å². The first kappa shape index (κ1) is 25.9. The van der Waals surface area contributed by atoms with Gasteiger partial charge in [0.2, 0.25) is 0 Å². The molecule has 1 amide bonds. The molecule has 196 valence electrons. The number of allylic oxidation sites excluding steroid dienone is 2. The first-order valence-electron chi connectivity index (χ1n) is 12.5. The molecule has 2 heterocycles. The third kappa shape index (κ3) is 5.90. The lowest BCUT2D eigenvalue weighted by Gasteiger charge is -2.20. The number of rotatable bonds is 9. The van der Waals surface area contributed by atoms with E-state index in [1.165, 1.54) is 18.3 Å². The fourth-order valence-corrected chi connectivity index (χ4v) is 5.11. The Hall–Kier alpha value is -4.72. The van der Waals surface area contributed by atoms with Crippen LogP contribution >= 0.6 is 0 Å². The number of carbonyl (C=O) groups excluding carboxylic acids is 2. The van der Waals surface area contributed by atoms with Gasteiger partial charge in [-0.2, -0.15) is 0 Å². The number of nitrogens with zero attached hydrogens (tertiary/aromatic N) is 2. The molecule has 0 radical (unpaired) electrons. The number of amides is 1. The van der Waals surface area contributed by atoms with E-state index in [0.29, 0.717) is 28.8 Å². The number of Topliss-reactive ketones (excluding diaryl/α,β-unsaturated/α-hetero) is 1. The molecule has 1 aliphatic carbocycles. The van der Waals surface area contributed by atoms with E-state index in [4.69, 9.17) is 5.73 Å². The lowest BCUT2D eigenvalue weighted by molar-refractivity contribution is -0.118. The van der Waals surface area contributed by atoms with Crippen molar-refractivity contribution in [3.63, 3.8) is 0 Å². The first-order valence-corrected chi connectivity index (χ1v) is 12.5. The molecule has 0 fully saturated rings. The SMILES string of the molecule is NC(=O)c1cc(-c2cccnc2[C@@H](CC(=O)CC2=CCc3ccc(O)cc32)Cc2cc(F)cc(F)c2)ccn1. The maximum atomic E-state index is 14.1. The Morgan fingerprint density at radius 3 is 2.51 bits per heavy atom. The summed E-state index contributed by atoms with van der Waals surface area (Å²) < 4.78 is 28.1. The van der Waals surface area contributed by atoms with Crippen molar-refractivity contribution in [2.45, 2.75) is 31.6 Å². The van der Waals surface area contributed by atoms with E-state index in [9.17, 15) is 23.5 Å². The molecule has 4 aromatic rings. The van der Waals surface area contributed by atoms with Crippen molar-refractivity contribution in [2.24, 2.45) is 5.73 Å². The van der Waals surface area contributed by atoms with Gasteiger partial charge in [-0.3, -0.25) is 19.6 Å². The summed E-state index contributed by atoms with van der Waals surface area (Å²) in [6.07, 6.45) is 6.08. The molecule has 8 heteroatoms. The Bertz CT molecular complexity index is 1600. The summed E-state index contributed by atoms with van der Waals surface area (Å²) in [4.78, 5) is 33.8. The zero-order valence-corrected chi connectivity index (χ0v) is 20.9. The number of halogens is 2. The number of nitrogens with two attached hydrogens (primary N) is 1. The molecule has 5 rings (SSSR count). The molecule has 6 nitrogen and oxygen atoms in total. The minimum absolute atomic E-state index is 0.0569. The van der Waals surface area contributed by atoms with Gasteiger partial charge < -0.3 is 10.8 Å². The molecule has 1 aliphatic rings. The van der Waals surface area contributed by atoms with Gasteiger partial charge in [-0.25, -0.2) is 8.78 Å². The molecule has 0 unspecified atom stereocenters. The topological polar surface area (TPSA) is 106 Å². The zero-order chi connectivity index (χ0) is 27.5. The highest BCUT2D eigenvalue weighted by Crippen LogP contribution is 2.36. The van der Waals surface area contributed by atoms with Gasteiger partial charge in [-0.15, -0.1) is 0 Å². The van der Waals surface area contributed by atoms with Crippen molar-refractivity contribution in [2.75, 3.05) is 0 Å². The quantitative estimate of drug-likeness (QED) is 0.298. The number of benzene rings is 2. The highest BCUT2D eigenvalue weighted by molar-refractivity contribution is 5.93. The highest BCUT2D eigenvalue weighted by atomic mass is 19.1. The number of primary amides is 1. The van der Waals surface area contributed by atoms with E-state index in [0.717, 1.165) is 22.8 Å². The van der Waals surface area contributed by atoms with Gasteiger partial charge in [0.05, 0.1) is 5.69 Å². The summed E-state index contributed by atoms with van der Waals surface area (Å²) in [6, 6.07) is 15.2. The Kier molecular flexibility index (Phi) is 7.27. The molecule has 2 aromatic carbocycles. The molecule has 0 spiro atoms. The van der Waals surface area contributed by atoms with Crippen LogP contribution < -0.4 is 5.73 Å². The van der Waals surface area contributed by atoms with E-state index in [1.54, 1.807) is 36.5 Å². The average Bonchev–Trinajstić information content (AvgIpc) is 3.29. The van der Waals surface area contributed by atoms with Crippen LogP contribution in [0.2, 0.25) is 0 Å². The molecule has 3 N–H and O–H groups in total. The van der Waals surface area contributed by atoms with Crippen LogP contribution in [0.15, 0.2) is 79.1 Å². The molecule has 0 aliphatic heterocycles. The van der Waals surface area contributed by atoms with Crippen LogP contribution in [0.5, 0.6) is 5.75 Å². The predicted octanol–water partition coefficient (Wildman–Crippen LogP) is 5.54. The summed E-state index contributed by atoms with van der Waals surface area (Å²) in [5, 5.41) is 9.93. The Morgan fingerprint density at radius 1 is 0.949 bits per heavy atom. The molecule has 2 aromatic heterocycles. The summed E-state index contributed by atoms with van der Waals surface area (Å²) >= 11 is 0. The summed E-state index contributed by atoms with van der Waals surface area (Å²) in [5.41, 5.74) is 10.5. The van der Waals surface area contributed by atoms with Crippen molar-refractivity contribution in [1.29, 1.82) is 0 Å². The number of aromatic hydroxyl groups is 1. The van der Waals surface area contributed by atoms with E-state index in [1.807, 2.05) is 18.2 Å². The van der Waals surface area contributed by atoms with Crippen molar-refractivity contribution in [3.05, 3.63) is 119 Å². The fourth-order valence-electron chi connectivity index (χ4n) is 5.11. The van der Waals surface area contributed by atoms with Crippen LogP contribution in [-0.2, 0) is 17.6 Å². The fraction of sp³-hybridized carbons (Fsp3) is 0.161. The monoisotopic (exact) mass is 525 g/mol. The number of hydrogen-bond acceptors (Lipinski definition) is 5. The van der Waals surface area contributed by atoms with E-state index >= 15 is 0 Å². The second kappa shape index (κ2) is 10.9. The molecule has 0 bridgehead atoms. The third-order valence-corrected chi connectivity index (χ3v) is 6.82. The van der Waals surface area contributed by atoms with Gasteiger partial charge in [-0.1, -0.05) is 18.2 Å². The number of hydrogen-bond donors (Lipinski definition) is 2. The van der Waals surface area contributed by atoms with Gasteiger partial charge in [-0.05, 0) is 83.1 Å². The van der Waals surface area contributed by atoms with Crippen LogP contribution in [0.4, 0.5) is 8.78 Å². The molecular formula is C31H25F2N3O3. The summed E-state index contributed by atoms with van der Waals surface area (Å²) in [6.45, 7) is 0. The minimum atomic E-state index is -0.705. The van der Waals surface area contributed by atoms with Gasteiger partial charge in [0.1, 0.15) is 28.9 Å². The zero-order valence-electron chi connectivity index (χ0n) is 20.9.